The Hall–Kier alpha value is -0.660. The highest BCUT2D eigenvalue weighted by atomic mass is 32.2. The second-order valence-corrected chi connectivity index (χ2v) is 7.35. The average Bonchev–Trinajstić information content (AvgIpc) is 2.72. The Bertz CT molecular complexity index is 417. The molecule has 0 aromatic rings. The van der Waals surface area contributed by atoms with E-state index < -0.39 is 9.84 Å². The van der Waals surface area contributed by atoms with Crippen molar-refractivity contribution >= 4 is 15.7 Å². The molecule has 1 amide bonds. The van der Waals surface area contributed by atoms with E-state index in [0.717, 1.165) is 13.1 Å². The highest BCUT2D eigenvalue weighted by Gasteiger charge is 2.34. The van der Waals surface area contributed by atoms with Crippen LogP contribution >= 0.6 is 0 Å². The molecule has 1 atom stereocenters. The summed E-state index contributed by atoms with van der Waals surface area (Å²) in [6, 6.07) is -0.136. The van der Waals surface area contributed by atoms with Gasteiger partial charge in [-0.15, -0.1) is 0 Å². The van der Waals surface area contributed by atoms with Crippen LogP contribution in [0.3, 0.4) is 0 Å². The Morgan fingerprint density at radius 3 is 2.58 bits per heavy atom. The Kier molecular flexibility index (Phi) is 4.81. The van der Waals surface area contributed by atoms with E-state index in [1.807, 2.05) is 6.92 Å². The standard InChI is InChI=1S/C12H22N2O4S/c1-2-14(11-3-8-19(16,17)10-11)12(15)9-13-4-6-18-7-5-13/h11H,2-10H2,1H3. The maximum Gasteiger partial charge on any atom is 0.237 e. The molecule has 0 spiro atoms. The molecule has 19 heavy (non-hydrogen) atoms. The number of rotatable bonds is 4. The molecule has 0 bridgehead atoms. The molecule has 0 radical (unpaired) electrons. The van der Waals surface area contributed by atoms with Crippen LogP contribution in [0.5, 0.6) is 0 Å². The van der Waals surface area contributed by atoms with Gasteiger partial charge in [-0.25, -0.2) is 8.42 Å². The van der Waals surface area contributed by atoms with E-state index in [-0.39, 0.29) is 23.5 Å². The Balaban J connectivity index is 1.91. The molecule has 2 aliphatic rings. The smallest absolute Gasteiger partial charge is 0.237 e. The first-order chi connectivity index (χ1) is 9.02. The van der Waals surface area contributed by atoms with Crippen LogP contribution in [-0.2, 0) is 19.4 Å². The first-order valence-corrected chi connectivity index (χ1v) is 8.64. The third-order valence-electron chi connectivity index (χ3n) is 3.77. The number of sulfone groups is 1. The van der Waals surface area contributed by atoms with Gasteiger partial charge in [-0.1, -0.05) is 0 Å². The van der Waals surface area contributed by atoms with Crippen molar-refractivity contribution in [3.8, 4) is 0 Å². The molecular weight excluding hydrogens is 268 g/mol. The van der Waals surface area contributed by atoms with E-state index in [0.29, 0.717) is 32.7 Å². The van der Waals surface area contributed by atoms with E-state index in [2.05, 4.69) is 4.90 Å². The van der Waals surface area contributed by atoms with Crippen LogP contribution in [0, 0.1) is 0 Å². The number of carbonyl (C=O) groups is 1. The van der Waals surface area contributed by atoms with Gasteiger partial charge in [0.05, 0.1) is 31.3 Å². The Morgan fingerprint density at radius 1 is 1.37 bits per heavy atom. The van der Waals surface area contributed by atoms with E-state index in [1.165, 1.54) is 0 Å². The fourth-order valence-corrected chi connectivity index (χ4v) is 4.43. The third-order valence-corrected chi connectivity index (χ3v) is 5.52. The van der Waals surface area contributed by atoms with Crippen LogP contribution < -0.4 is 0 Å². The molecule has 2 heterocycles. The van der Waals surface area contributed by atoms with Crippen LogP contribution in [0.15, 0.2) is 0 Å². The van der Waals surface area contributed by atoms with Crippen LogP contribution in [0.2, 0.25) is 0 Å². The average molecular weight is 290 g/mol. The van der Waals surface area contributed by atoms with Crippen LogP contribution in [-0.4, -0.2) is 81.1 Å². The largest absolute Gasteiger partial charge is 0.379 e. The highest BCUT2D eigenvalue weighted by Crippen LogP contribution is 2.18. The van der Waals surface area contributed by atoms with E-state index in [4.69, 9.17) is 4.74 Å². The summed E-state index contributed by atoms with van der Waals surface area (Å²) in [5, 5.41) is 0. The SMILES string of the molecule is CCN(C(=O)CN1CCOCC1)C1CCS(=O)(=O)C1. The summed E-state index contributed by atoms with van der Waals surface area (Å²) < 4.78 is 28.3. The van der Waals surface area contributed by atoms with Crippen molar-refractivity contribution in [3.63, 3.8) is 0 Å². The summed E-state index contributed by atoms with van der Waals surface area (Å²) in [5.74, 6) is 0.362. The predicted molar refractivity (Wildman–Crippen MR) is 71.7 cm³/mol. The highest BCUT2D eigenvalue weighted by molar-refractivity contribution is 7.91. The molecule has 0 aromatic heterocycles. The summed E-state index contributed by atoms with van der Waals surface area (Å²) in [7, 11) is -2.94. The molecule has 0 aromatic carbocycles. The number of carbonyl (C=O) groups excluding carboxylic acids is 1. The molecule has 6 nitrogen and oxygen atoms in total. The summed E-state index contributed by atoms with van der Waals surface area (Å²) in [6.45, 7) is 5.71. The van der Waals surface area contributed by atoms with Crippen molar-refractivity contribution < 1.29 is 17.9 Å². The molecule has 0 saturated carbocycles. The number of hydrogen-bond acceptors (Lipinski definition) is 5. The maximum atomic E-state index is 12.3. The zero-order valence-corrected chi connectivity index (χ0v) is 12.2. The lowest BCUT2D eigenvalue weighted by Gasteiger charge is -2.31. The lowest BCUT2D eigenvalue weighted by Crippen LogP contribution is -2.48. The third kappa shape index (κ3) is 3.90. The summed E-state index contributed by atoms with van der Waals surface area (Å²) in [4.78, 5) is 16.1. The van der Waals surface area contributed by atoms with Crippen molar-refractivity contribution in [1.82, 2.24) is 9.80 Å². The molecule has 2 saturated heterocycles. The number of ether oxygens (including phenoxy) is 1. The minimum absolute atomic E-state index is 0.0338. The van der Waals surface area contributed by atoms with Crippen molar-refractivity contribution in [2.75, 3.05) is 50.9 Å². The number of nitrogens with zero attached hydrogens (tertiary/aromatic N) is 2. The topological polar surface area (TPSA) is 66.9 Å². The van der Waals surface area contributed by atoms with Gasteiger partial charge < -0.3 is 9.64 Å². The van der Waals surface area contributed by atoms with Crippen molar-refractivity contribution in [1.29, 1.82) is 0 Å². The minimum atomic E-state index is -2.94. The van der Waals surface area contributed by atoms with Gasteiger partial charge in [0.15, 0.2) is 9.84 Å². The molecule has 2 aliphatic heterocycles. The summed E-state index contributed by atoms with van der Waals surface area (Å²) in [6.07, 6.45) is 0.574. The number of hydrogen-bond donors (Lipinski definition) is 0. The lowest BCUT2D eigenvalue weighted by atomic mass is 10.2. The first-order valence-electron chi connectivity index (χ1n) is 6.82. The molecule has 0 N–H and O–H groups in total. The van der Waals surface area contributed by atoms with Gasteiger partial charge in [0.1, 0.15) is 0 Å². The number of morpholine rings is 1. The van der Waals surface area contributed by atoms with Gasteiger partial charge in [-0.2, -0.15) is 0 Å². The molecule has 1 unspecified atom stereocenters. The quantitative estimate of drug-likeness (QED) is 0.688. The van der Waals surface area contributed by atoms with E-state index in [9.17, 15) is 13.2 Å². The van der Waals surface area contributed by atoms with E-state index in [1.54, 1.807) is 4.90 Å². The van der Waals surface area contributed by atoms with Gasteiger partial charge >= 0.3 is 0 Å². The molecular formula is C12H22N2O4S. The fourth-order valence-electron chi connectivity index (χ4n) is 2.70. The number of amides is 1. The van der Waals surface area contributed by atoms with Gasteiger partial charge in [0.2, 0.25) is 5.91 Å². The van der Waals surface area contributed by atoms with Crippen molar-refractivity contribution in [2.45, 2.75) is 19.4 Å². The summed E-state index contributed by atoms with van der Waals surface area (Å²) in [5.41, 5.74) is 0. The van der Waals surface area contributed by atoms with E-state index >= 15 is 0 Å². The molecule has 2 rings (SSSR count). The molecule has 7 heteroatoms. The molecule has 110 valence electrons. The van der Waals surface area contributed by atoms with Crippen molar-refractivity contribution in [2.24, 2.45) is 0 Å². The first kappa shape index (κ1) is 14.7. The monoisotopic (exact) mass is 290 g/mol. The second kappa shape index (κ2) is 6.19. The normalized spacial score (nSPS) is 27.3. The predicted octanol–water partition coefficient (Wildman–Crippen LogP) is -0.646. The van der Waals surface area contributed by atoms with Crippen LogP contribution in [0.1, 0.15) is 13.3 Å². The zero-order chi connectivity index (χ0) is 13.9. The zero-order valence-electron chi connectivity index (χ0n) is 11.4. The maximum absolute atomic E-state index is 12.3. The van der Waals surface area contributed by atoms with Gasteiger partial charge in [0, 0.05) is 25.7 Å². The molecule has 0 aliphatic carbocycles. The van der Waals surface area contributed by atoms with Gasteiger partial charge in [-0.3, -0.25) is 9.69 Å². The second-order valence-electron chi connectivity index (χ2n) is 5.13. The van der Waals surface area contributed by atoms with Gasteiger partial charge in [0.25, 0.3) is 0 Å². The van der Waals surface area contributed by atoms with Crippen molar-refractivity contribution in [3.05, 3.63) is 0 Å². The minimum Gasteiger partial charge on any atom is -0.379 e. The lowest BCUT2D eigenvalue weighted by molar-refractivity contribution is -0.135. The van der Waals surface area contributed by atoms with Crippen LogP contribution in [0.4, 0.5) is 0 Å². The Labute approximate surface area is 114 Å². The van der Waals surface area contributed by atoms with Crippen LogP contribution in [0.25, 0.3) is 0 Å². The van der Waals surface area contributed by atoms with Gasteiger partial charge in [-0.05, 0) is 13.3 Å². The fraction of sp³-hybridized carbons (Fsp3) is 0.917. The summed E-state index contributed by atoms with van der Waals surface area (Å²) >= 11 is 0. The Morgan fingerprint density at radius 2 is 2.05 bits per heavy atom. The number of likely N-dealkylation sites (N-methyl/N-ethyl adjacent to an activating group) is 1. The molecule has 2 fully saturated rings.